The molecule has 0 fully saturated rings. The van der Waals surface area contributed by atoms with Crippen LogP contribution in [0.25, 0.3) is 6.08 Å². The Morgan fingerprint density at radius 3 is 2.65 bits per heavy atom. The van der Waals surface area contributed by atoms with Crippen molar-refractivity contribution in [3.8, 4) is 0 Å². The first-order valence-electron chi connectivity index (χ1n) is 5.51. The minimum absolute atomic E-state index is 0.111. The summed E-state index contributed by atoms with van der Waals surface area (Å²) in [6.07, 6.45) is 3.33. The van der Waals surface area contributed by atoms with Gasteiger partial charge in [0.25, 0.3) is 0 Å². The van der Waals surface area contributed by atoms with E-state index in [2.05, 4.69) is 0 Å². The summed E-state index contributed by atoms with van der Waals surface area (Å²) < 4.78 is 5.26. The first-order chi connectivity index (χ1) is 8.15. The molecule has 0 amide bonds. The van der Waals surface area contributed by atoms with E-state index in [1.807, 2.05) is 38.1 Å². The van der Waals surface area contributed by atoms with E-state index in [0.29, 0.717) is 5.76 Å². The van der Waals surface area contributed by atoms with Crippen LogP contribution in [0.1, 0.15) is 27.4 Å². The number of hydrogen-bond acceptors (Lipinski definition) is 2. The van der Waals surface area contributed by atoms with Gasteiger partial charge in [0.15, 0.2) is 5.76 Å². The van der Waals surface area contributed by atoms with Crippen molar-refractivity contribution in [3.05, 3.63) is 65.1 Å². The van der Waals surface area contributed by atoms with E-state index in [1.165, 1.54) is 11.6 Å². The Bertz CT molecular complexity index is 562. The van der Waals surface area contributed by atoms with Crippen molar-refractivity contribution in [1.29, 1.82) is 0 Å². The first kappa shape index (κ1) is 11.4. The predicted molar refractivity (Wildman–Crippen MR) is 68.0 cm³/mol. The standard InChI is InChI=1S/C15H14O2/c1-11-4-3-5-13(10-11)7-8-14(16)15-9-6-12(2)17-15/h3-10H,1-2H3. The van der Waals surface area contributed by atoms with Crippen LogP contribution in [0.4, 0.5) is 0 Å². The number of carbonyl (C=O) groups is 1. The van der Waals surface area contributed by atoms with Crippen LogP contribution < -0.4 is 0 Å². The topological polar surface area (TPSA) is 30.2 Å². The van der Waals surface area contributed by atoms with Gasteiger partial charge >= 0.3 is 0 Å². The predicted octanol–water partition coefficient (Wildman–Crippen LogP) is 3.79. The fraction of sp³-hybridized carbons (Fsp3) is 0.133. The van der Waals surface area contributed by atoms with Crippen LogP contribution >= 0.6 is 0 Å². The number of rotatable bonds is 3. The van der Waals surface area contributed by atoms with Crippen LogP contribution in [-0.2, 0) is 0 Å². The molecule has 0 unspecified atom stereocenters. The summed E-state index contributed by atoms with van der Waals surface area (Å²) in [4.78, 5) is 11.7. The lowest BCUT2D eigenvalue weighted by Gasteiger charge is -1.95. The van der Waals surface area contributed by atoms with Crippen molar-refractivity contribution < 1.29 is 9.21 Å². The first-order valence-corrected chi connectivity index (χ1v) is 5.51. The number of aryl methyl sites for hydroxylation is 2. The van der Waals surface area contributed by atoms with Crippen LogP contribution in [0.3, 0.4) is 0 Å². The highest BCUT2D eigenvalue weighted by molar-refractivity contribution is 6.04. The largest absolute Gasteiger partial charge is 0.458 e. The molecule has 2 rings (SSSR count). The molecule has 0 bridgehead atoms. The number of allylic oxidation sites excluding steroid dienone is 1. The Balaban J connectivity index is 2.13. The summed E-state index contributed by atoms with van der Waals surface area (Å²) in [5.41, 5.74) is 2.19. The average molecular weight is 226 g/mol. The smallest absolute Gasteiger partial charge is 0.221 e. The van der Waals surface area contributed by atoms with Crippen molar-refractivity contribution in [1.82, 2.24) is 0 Å². The lowest BCUT2D eigenvalue weighted by molar-refractivity contribution is 0.102. The van der Waals surface area contributed by atoms with Crippen LogP contribution in [0.5, 0.6) is 0 Å². The maximum absolute atomic E-state index is 11.7. The molecule has 0 saturated carbocycles. The summed E-state index contributed by atoms with van der Waals surface area (Å²) in [6, 6.07) is 11.5. The average Bonchev–Trinajstić information content (AvgIpc) is 2.73. The summed E-state index contributed by atoms with van der Waals surface area (Å²) in [7, 11) is 0. The Kier molecular flexibility index (Phi) is 3.24. The van der Waals surface area contributed by atoms with Crippen LogP contribution in [-0.4, -0.2) is 5.78 Å². The van der Waals surface area contributed by atoms with Crippen molar-refractivity contribution in [2.24, 2.45) is 0 Å². The molecule has 86 valence electrons. The third-order valence-corrected chi connectivity index (χ3v) is 2.45. The van der Waals surface area contributed by atoms with Gasteiger partial charge in [-0.25, -0.2) is 0 Å². The van der Waals surface area contributed by atoms with Gasteiger partial charge in [0, 0.05) is 0 Å². The van der Waals surface area contributed by atoms with E-state index in [9.17, 15) is 4.79 Å². The van der Waals surface area contributed by atoms with Gasteiger partial charge in [-0.15, -0.1) is 0 Å². The second-order valence-corrected chi connectivity index (χ2v) is 4.02. The lowest BCUT2D eigenvalue weighted by Crippen LogP contribution is -1.90. The highest BCUT2D eigenvalue weighted by Crippen LogP contribution is 2.10. The van der Waals surface area contributed by atoms with E-state index in [4.69, 9.17) is 4.42 Å². The molecule has 0 N–H and O–H groups in total. The van der Waals surface area contributed by atoms with Crippen molar-refractivity contribution in [3.63, 3.8) is 0 Å². The number of hydrogen-bond donors (Lipinski definition) is 0. The van der Waals surface area contributed by atoms with Gasteiger partial charge in [0.2, 0.25) is 5.78 Å². The third kappa shape index (κ3) is 2.94. The zero-order valence-corrected chi connectivity index (χ0v) is 9.94. The molecular formula is C15H14O2. The van der Waals surface area contributed by atoms with Gasteiger partial charge in [-0.2, -0.15) is 0 Å². The zero-order valence-electron chi connectivity index (χ0n) is 9.94. The van der Waals surface area contributed by atoms with E-state index >= 15 is 0 Å². The van der Waals surface area contributed by atoms with Gasteiger partial charge in [0.1, 0.15) is 5.76 Å². The monoisotopic (exact) mass is 226 g/mol. The Morgan fingerprint density at radius 2 is 2.00 bits per heavy atom. The van der Waals surface area contributed by atoms with E-state index in [1.54, 1.807) is 18.2 Å². The van der Waals surface area contributed by atoms with Crippen molar-refractivity contribution in [2.75, 3.05) is 0 Å². The van der Waals surface area contributed by atoms with Gasteiger partial charge in [-0.3, -0.25) is 4.79 Å². The molecule has 0 aliphatic carbocycles. The summed E-state index contributed by atoms with van der Waals surface area (Å²) in [6.45, 7) is 3.84. The minimum atomic E-state index is -0.111. The molecule has 0 saturated heterocycles. The summed E-state index contributed by atoms with van der Waals surface area (Å²) in [5, 5.41) is 0. The highest BCUT2D eigenvalue weighted by Gasteiger charge is 2.05. The maximum atomic E-state index is 11.7. The lowest BCUT2D eigenvalue weighted by atomic mass is 10.1. The van der Waals surface area contributed by atoms with Crippen LogP contribution in [0, 0.1) is 13.8 Å². The molecule has 2 nitrogen and oxygen atoms in total. The van der Waals surface area contributed by atoms with Gasteiger partial charge in [-0.1, -0.05) is 35.9 Å². The quantitative estimate of drug-likeness (QED) is 0.588. The van der Waals surface area contributed by atoms with Gasteiger partial charge in [0.05, 0.1) is 0 Å². The van der Waals surface area contributed by atoms with Gasteiger partial charge < -0.3 is 4.42 Å². The molecule has 0 spiro atoms. The number of carbonyl (C=O) groups excluding carboxylic acids is 1. The molecule has 2 aromatic rings. The Labute approximate surface area is 101 Å². The molecule has 0 aliphatic rings. The van der Waals surface area contributed by atoms with E-state index < -0.39 is 0 Å². The van der Waals surface area contributed by atoms with Crippen molar-refractivity contribution in [2.45, 2.75) is 13.8 Å². The molecule has 1 heterocycles. The summed E-state index contributed by atoms with van der Waals surface area (Å²) in [5.74, 6) is 1.02. The second-order valence-electron chi connectivity index (χ2n) is 4.02. The second kappa shape index (κ2) is 4.83. The minimum Gasteiger partial charge on any atom is -0.458 e. The third-order valence-electron chi connectivity index (χ3n) is 2.45. The van der Waals surface area contributed by atoms with E-state index in [-0.39, 0.29) is 5.78 Å². The molecule has 0 atom stereocenters. The SMILES string of the molecule is Cc1cccc(C=CC(=O)c2ccc(C)o2)c1. The zero-order chi connectivity index (χ0) is 12.3. The van der Waals surface area contributed by atoms with E-state index in [0.717, 1.165) is 11.3 Å². The molecule has 1 aromatic heterocycles. The molecule has 1 aromatic carbocycles. The molecule has 17 heavy (non-hydrogen) atoms. The molecule has 2 heteroatoms. The number of ketones is 1. The molecule has 0 radical (unpaired) electrons. The Hall–Kier alpha value is -2.09. The number of furan rings is 1. The normalized spacial score (nSPS) is 10.9. The maximum Gasteiger partial charge on any atom is 0.221 e. The molecule has 0 aliphatic heterocycles. The fourth-order valence-electron chi connectivity index (χ4n) is 1.59. The van der Waals surface area contributed by atoms with Gasteiger partial charge in [-0.05, 0) is 37.6 Å². The van der Waals surface area contributed by atoms with Crippen LogP contribution in [0.2, 0.25) is 0 Å². The Morgan fingerprint density at radius 1 is 1.18 bits per heavy atom. The fourth-order valence-corrected chi connectivity index (χ4v) is 1.59. The van der Waals surface area contributed by atoms with Crippen molar-refractivity contribution >= 4 is 11.9 Å². The van der Waals surface area contributed by atoms with Crippen LogP contribution in [0.15, 0.2) is 46.9 Å². The number of benzene rings is 1. The molecular weight excluding hydrogens is 212 g/mol. The highest BCUT2D eigenvalue weighted by atomic mass is 16.3. The summed E-state index contributed by atoms with van der Waals surface area (Å²) >= 11 is 0.